The fourth-order valence-corrected chi connectivity index (χ4v) is 5.48. The number of rotatable bonds is 6. The summed E-state index contributed by atoms with van der Waals surface area (Å²) in [6.07, 6.45) is 1.82. The van der Waals surface area contributed by atoms with E-state index in [-0.39, 0.29) is 11.5 Å². The first-order valence-electron chi connectivity index (χ1n) is 11.8. The summed E-state index contributed by atoms with van der Waals surface area (Å²) in [7, 11) is 0. The number of nitrogens with one attached hydrogen (secondary N) is 1. The zero-order valence-electron chi connectivity index (χ0n) is 20.3. The number of hydrogen-bond donors (Lipinski definition) is 1. The second-order valence-corrected chi connectivity index (χ2v) is 9.87. The van der Waals surface area contributed by atoms with Gasteiger partial charge in [-0.15, -0.1) is 0 Å². The molecule has 5 rings (SSSR count). The van der Waals surface area contributed by atoms with E-state index in [0.29, 0.717) is 43.7 Å². The maximum Gasteiger partial charge on any atom is 0.271 e. The Morgan fingerprint density at radius 3 is 2.51 bits per heavy atom. The molecule has 0 radical (unpaired) electrons. The molecule has 1 N–H and O–H groups in total. The van der Waals surface area contributed by atoms with Crippen molar-refractivity contribution in [3.63, 3.8) is 0 Å². The van der Waals surface area contributed by atoms with Crippen molar-refractivity contribution in [2.24, 2.45) is 4.99 Å². The number of nitrogens with zero attached hydrogens (tertiary/aromatic N) is 2. The molecule has 1 aromatic heterocycles. The van der Waals surface area contributed by atoms with Crippen LogP contribution in [0.25, 0.3) is 6.08 Å². The first-order chi connectivity index (χ1) is 18.0. The van der Waals surface area contributed by atoms with Crippen LogP contribution >= 0.6 is 22.9 Å². The lowest BCUT2D eigenvalue weighted by atomic mass is 9.95. The van der Waals surface area contributed by atoms with E-state index in [1.54, 1.807) is 23.6 Å². The van der Waals surface area contributed by atoms with Gasteiger partial charge in [-0.05, 0) is 55.8 Å². The lowest BCUT2D eigenvalue weighted by Gasteiger charge is -2.25. The van der Waals surface area contributed by atoms with Gasteiger partial charge in [-0.1, -0.05) is 71.5 Å². The number of thiazole rings is 1. The quantitative estimate of drug-likeness (QED) is 0.385. The van der Waals surface area contributed by atoms with Gasteiger partial charge in [-0.2, -0.15) is 0 Å². The van der Waals surface area contributed by atoms with Crippen LogP contribution in [0.4, 0.5) is 5.69 Å². The topological polar surface area (TPSA) is 72.7 Å². The number of allylic oxidation sites excluding steroid dienone is 1. The van der Waals surface area contributed by atoms with Crippen molar-refractivity contribution < 1.29 is 9.53 Å². The van der Waals surface area contributed by atoms with Crippen molar-refractivity contribution in [3.8, 4) is 5.75 Å². The van der Waals surface area contributed by atoms with E-state index in [1.807, 2.05) is 79.7 Å². The number of carbonyl (C=O) groups is 1. The van der Waals surface area contributed by atoms with Crippen LogP contribution in [0.1, 0.15) is 31.0 Å². The highest BCUT2D eigenvalue weighted by atomic mass is 35.5. The second-order valence-electron chi connectivity index (χ2n) is 8.42. The van der Waals surface area contributed by atoms with Crippen LogP contribution in [-0.2, 0) is 4.79 Å². The summed E-state index contributed by atoms with van der Waals surface area (Å²) in [5.74, 6) is 0.382. The Labute approximate surface area is 222 Å². The average molecular weight is 530 g/mol. The summed E-state index contributed by atoms with van der Waals surface area (Å²) in [6, 6.07) is 23.3. The highest BCUT2D eigenvalue weighted by molar-refractivity contribution is 7.07. The Kier molecular flexibility index (Phi) is 7.08. The molecule has 1 atom stereocenters. The number of carbonyl (C=O) groups excluding carboxylic acids is 1. The monoisotopic (exact) mass is 529 g/mol. The predicted molar refractivity (Wildman–Crippen MR) is 148 cm³/mol. The number of halogens is 1. The Hall–Kier alpha value is -3.94. The molecular weight excluding hydrogens is 506 g/mol. The summed E-state index contributed by atoms with van der Waals surface area (Å²) < 4.78 is 7.84. The fourth-order valence-electron chi connectivity index (χ4n) is 4.32. The molecule has 0 spiro atoms. The van der Waals surface area contributed by atoms with Crippen LogP contribution in [0.5, 0.6) is 5.75 Å². The highest BCUT2D eigenvalue weighted by Gasteiger charge is 2.32. The van der Waals surface area contributed by atoms with Gasteiger partial charge in [0.2, 0.25) is 0 Å². The minimum atomic E-state index is -0.665. The van der Waals surface area contributed by atoms with Gasteiger partial charge in [-0.25, -0.2) is 4.99 Å². The molecule has 1 aliphatic rings. The lowest BCUT2D eigenvalue weighted by molar-refractivity contribution is -0.113. The van der Waals surface area contributed by atoms with Gasteiger partial charge >= 0.3 is 0 Å². The zero-order valence-corrected chi connectivity index (χ0v) is 21.8. The van der Waals surface area contributed by atoms with E-state index >= 15 is 0 Å². The van der Waals surface area contributed by atoms with Gasteiger partial charge in [0.15, 0.2) is 4.80 Å². The van der Waals surface area contributed by atoms with E-state index in [4.69, 9.17) is 16.3 Å². The zero-order chi connectivity index (χ0) is 25.9. The number of hydrogen-bond acceptors (Lipinski definition) is 5. The Balaban J connectivity index is 1.67. The van der Waals surface area contributed by atoms with E-state index < -0.39 is 6.04 Å². The van der Waals surface area contributed by atoms with Crippen LogP contribution in [0, 0.1) is 0 Å². The molecule has 1 amide bonds. The number of aromatic nitrogens is 1. The molecule has 186 valence electrons. The first kappa shape index (κ1) is 24.7. The largest absolute Gasteiger partial charge is 0.493 e. The van der Waals surface area contributed by atoms with Crippen molar-refractivity contribution in [2.75, 3.05) is 11.9 Å². The van der Waals surface area contributed by atoms with Gasteiger partial charge < -0.3 is 10.1 Å². The molecule has 0 bridgehead atoms. The highest BCUT2D eigenvalue weighted by Crippen LogP contribution is 2.31. The number of para-hydroxylation sites is 2. The summed E-state index contributed by atoms with van der Waals surface area (Å²) in [6.45, 7) is 4.23. The van der Waals surface area contributed by atoms with Crippen molar-refractivity contribution >= 4 is 40.6 Å². The number of fused-ring (bicyclic) bond motifs is 1. The standard InChI is InChI=1S/C29H24ClN3O3S/c1-3-36-23-12-8-7-9-20(23)17-24-28(35)33-26(19-13-15-21(30)16-14-19)25(18(2)31-29(33)37-24)27(34)32-22-10-5-4-6-11-22/h4-17,26H,3H2,1-2H3,(H,32,34)/b24-17-/t26-/m1/s1. The molecule has 6 nitrogen and oxygen atoms in total. The minimum Gasteiger partial charge on any atom is -0.493 e. The molecule has 1 aliphatic heterocycles. The van der Waals surface area contributed by atoms with Gasteiger partial charge in [-0.3, -0.25) is 14.2 Å². The number of amides is 1. The van der Waals surface area contributed by atoms with Gasteiger partial charge in [0.05, 0.1) is 28.5 Å². The molecule has 4 aromatic rings. The molecule has 0 aliphatic carbocycles. The van der Waals surface area contributed by atoms with Crippen molar-refractivity contribution in [3.05, 3.63) is 126 Å². The summed E-state index contributed by atoms with van der Waals surface area (Å²) >= 11 is 7.45. The molecule has 0 saturated heterocycles. The Morgan fingerprint density at radius 1 is 1.08 bits per heavy atom. The minimum absolute atomic E-state index is 0.229. The van der Waals surface area contributed by atoms with Crippen LogP contribution in [0.15, 0.2) is 99.9 Å². The normalized spacial score (nSPS) is 15.2. The number of ether oxygens (including phenoxy) is 1. The maximum atomic E-state index is 13.8. The summed E-state index contributed by atoms with van der Waals surface area (Å²) in [5, 5.41) is 3.52. The average Bonchev–Trinajstić information content (AvgIpc) is 3.20. The Bertz CT molecular complexity index is 1670. The van der Waals surface area contributed by atoms with Crippen LogP contribution in [0.3, 0.4) is 0 Å². The van der Waals surface area contributed by atoms with Crippen LogP contribution < -0.4 is 24.9 Å². The molecule has 0 unspecified atom stereocenters. The molecule has 37 heavy (non-hydrogen) atoms. The first-order valence-corrected chi connectivity index (χ1v) is 13.0. The van der Waals surface area contributed by atoms with Gasteiger partial charge in [0, 0.05) is 16.3 Å². The van der Waals surface area contributed by atoms with Crippen molar-refractivity contribution in [1.29, 1.82) is 0 Å². The van der Waals surface area contributed by atoms with Crippen LogP contribution in [-0.4, -0.2) is 17.1 Å². The molecule has 2 heterocycles. The third-order valence-corrected chi connectivity index (χ3v) is 7.22. The molecular formula is C29H24ClN3O3S. The third kappa shape index (κ3) is 5.01. The summed E-state index contributed by atoms with van der Waals surface area (Å²) in [4.78, 5) is 32.6. The molecule has 3 aromatic carbocycles. The smallest absolute Gasteiger partial charge is 0.271 e. The van der Waals surface area contributed by atoms with Crippen molar-refractivity contribution in [2.45, 2.75) is 19.9 Å². The third-order valence-electron chi connectivity index (χ3n) is 5.99. The molecule has 0 fully saturated rings. The molecule has 0 saturated carbocycles. The lowest BCUT2D eigenvalue weighted by Crippen LogP contribution is -2.40. The van der Waals surface area contributed by atoms with Crippen LogP contribution in [0.2, 0.25) is 5.02 Å². The predicted octanol–water partition coefficient (Wildman–Crippen LogP) is 4.93. The van der Waals surface area contributed by atoms with Crippen molar-refractivity contribution in [1.82, 2.24) is 4.57 Å². The van der Waals surface area contributed by atoms with Gasteiger partial charge in [0.1, 0.15) is 5.75 Å². The Morgan fingerprint density at radius 2 is 1.78 bits per heavy atom. The number of anilines is 1. The maximum absolute atomic E-state index is 13.8. The van der Waals surface area contributed by atoms with E-state index in [2.05, 4.69) is 10.3 Å². The molecule has 8 heteroatoms. The summed E-state index contributed by atoms with van der Waals surface area (Å²) in [5.41, 5.74) is 2.95. The fraction of sp³-hybridized carbons (Fsp3) is 0.138. The van der Waals surface area contributed by atoms with E-state index in [1.165, 1.54) is 11.3 Å². The SMILES string of the molecule is CCOc1ccccc1/C=c1\sc2n(c1=O)[C@H](c1ccc(Cl)cc1)C(C(=O)Nc1ccccc1)=C(C)N=2. The van der Waals surface area contributed by atoms with Gasteiger partial charge in [0.25, 0.3) is 11.5 Å². The number of benzene rings is 3. The van der Waals surface area contributed by atoms with E-state index in [0.717, 1.165) is 11.1 Å². The second kappa shape index (κ2) is 10.6. The van der Waals surface area contributed by atoms with E-state index in [9.17, 15) is 9.59 Å².